The molecule has 15 heavy (non-hydrogen) atoms. The van der Waals surface area contributed by atoms with E-state index in [9.17, 15) is 23.7 Å². The number of hydrogen-bond donors (Lipinski definition) is 1. The lowest BCUT2D eigenvalue weighted by Crippen LogP contribution is -2.04. The van der Waals surface area contributed by atoms with Crippen molar-refractivity contribution in [3.05, 3.63) is 33.6 Å². The first-order valence-corrected chi connectivity index (χ1v) is 3.59. The van der Waals surface area contributed by atoms with Gasteiger partial charge in [-0.05, 0) is 0 Å². The molecule has 0 radical (unpaired) electrons. The van der Waals surface area contributed by atoms with Crippen LogP contribution in [-0.2, 0) is 0 Å². The predicted molar refractivity (Wildman–Crippen MR) is 42.8 cm³/mol. The van der Waals surface area contributed by atoms with E-state index in [2.05, 4.69) is 4.98 Å². The number of aromatic nitrogens is 1. The van der Waals surface area contributed by atoms with E-state index in [1.165, 1.54) is 0 Å². The van der Waals surface area contributed by atoms with Crippen LogP contribution in [0.3, 0.4) is 0 Å². The van der Waals surface area contributed by atoms with Crippen LogP contribution in [0.25, 0.3) is 0 Å². The Hall–Kier alpha value is -2.12. The van der Waals surface area contributed by atoms with E-state index in [0.717, 1.165) is 0 Å². The quantitative estimate of drug-likeness (QED) is 0.614. The van der Waals surface area contributed by atoms with Crippen molar-refractivity contribution in [2.75, 3.05) is 0 Å². The number of rotatable bonds is 3. The molecule has 0 saturated carbocycles. The first kappa shape index (κ1) is 11.0. The Bertz CT molecular complexity index is 421. The lowest BCUT2D eigenvalue weighted by Gasteiger charge is -2.01. The average Bonchev–Trinajstić information content (AvgIpc) is 2.16. The molecule has 0 unspecified atom stereocenters. The maximum Gasteiger partial charge on any atom is 0.337 e. The zero-order chi connectivity index (χ0) is 11.6. The van der Waals surface area contributed by atoms with Crippen molar-refractivity contribution in [3.63, 3.8) is 0 Å². The van der Waals surface area contributed by atoms with E-state index in [-0.39, 0.29) is 0 Å². The molecule has 0 fully saturated rings. The zero-order valence-corrected chi connectivity index (χ0v) is 7.05. The molecule has 0 aliphatic carbocycles. The van der Waals surface area contributed by atoms with Gasteiger partial charge in [-0.25, -0.2) is 18.6 Å². The Morgan fingerprint density at radius 1 is 1.60 bits per heavy atom. The smallest absolute Gasteiger partial charge is 0.337 e. The lowest BCUT2D eigenvalue weighted by atomic mass is 10.2. The third-order valence-electron chi connectivity index (χ3n) is 1.55. The third-order valence-corrected chi connectivity index (χ3v) is 1.55. The molecule has 0 aliphatic heterocycles. The predicted octanol–water partition coefficient (Wildman–Crippen LogP) is 1.63. The van der Waals surface area contributed by atoms with Gasteiger partial charge in [0.15, 0.2) is 5.69 Å². The summed E-state index contributed by atoms with van der Waals surface area (Å²) in [5.74, 6) is -1.47. The van der Waals surface area contributed by atoms with E-state index in [1.54, 1.807) is 0 Å². The highest BCUT2D eigenvalue weighted by Gasteiger charge is 2.25. The van der Waals surface area contributed by atoms with Crippen LogP contribution in [0.4, 0.5) is 14.5 Å². The Kier molecular flexibility index (Phi) is 2.88. The largest absolute Gasteiger partial charge is 0.478 e. The van der Waals surface area contributed by atoms with Gasteiger partial charge >= 0.3 is 5.97 Å². The van der Waals surface area contributed by atoms with E-state index in [4.69, 9.17) is 5.11 Å². The normalized spacial score (nSPS) is 10.3. The molecule has 0 aliphatic rings. The molecule has 1 N–H and O–H groups in total. The van der Waals surface area contributed by atoms with E-state index < -0.39 is 34.3 Å². The summed E-state index contributed by atoms with van der Waals surface area (Å²) in [5, 5.41) is 18.8. The summed E-state index contributed by atoms with van der Waals surface area (Å²) in [6.07, 6.45) is -2.47. The highest BCUT2D eigenvalue weighted by Crippen LogP contribution is 2.27. The van der Waals surface area contributed by atoms with Gasteiger partial charge in [-0.15, -0.1) is 0 Å². The fourth-order valence-electron chi connectivity index (χ4n) is 0.895. The first-order chi connectivity index (χ1) is 6.93. The topological polar surface area (TPSA) is 93.3 Å². The fraction of sp³-hybridized carbons (Fsp3) is 0.143. The number of pyridine rings is 1. The summed E-state index contributed by atoms with van der Waals surface area (Å²) in [4.78, 5) is 22.7. The van der Waals surface area contributed by atoms with Gasteiger partial charge in [-0.2, -0.15) is 0 Å². The minimum atomic E-state index is -3.12. The highest BCUT2D eigenvalue weighted by atomic mass is 19.3. The van der Waals surface area contributed by atoms with Crippen LogP contribution in [-0.4, -0.2) is 21.0 Å². The summed E-state index contributed by atoms with van der Waals surface area (Å²) >= 11 is 0. The fourth-order valence-corrected chi connectivity index (χ4v) is 0.895. The Labute approximate surface area is 81.3 Å². The monoisotopic (exact) mass is 218 g/mol. The van der Waals surface area contributed by atoms with Crippen LogP contribution in [0, 0.1) is 10.1 Å². The maximum absolute atomic E-state index is 12.2. The second-order valence-electron chi connectivity index (χ2n) is 2.49. The van der Waals surface area contributed by atoms with Crippen LogP contribution in [0.1, 0.15) is 22.5 Å². The van der Waals surface area contributed by atoms with Crippen molar-refractivity contribution < 1.29 is 23.6 Å². The van der Waals surface area contributed by atoms with Crippen LogP contribution < -0.4 is 0 Å². The molecule has 1 aromatic heterocycles. The van der Waals surface area contributed by atoms with Crippen molar-refractivity contribution in [1.82, 2.24) is 4.98 Å². The summed E-state index contributed by atoms with van der Waals surface area (Å²) in [7, 11) is 0. The number of halogens is 2. The second-order valence-corrected chi connectivity index (χ2v) is 2.49. The molecule has 0 amide bonds. The number of alkyl halides is 2. The summed E-state index contributed by atoms with van der Waals surface area (Å²) in [6, 6.07) is 0.552. The third kappa shape index (κ3) is 2.22. The van der Waals surface area contributed by atoms with Gasteiger partial charge in [0.05, 0.1) is 10.5 Å². The number of carbonyl (C=O) groups is 1. The second kappa shape index (κ2) is 3.95. The van der Waals surface area contributed by atoms with Gasteiger partial charge in [0.1, 0.15) is 0 Å². The average molecular weight is 218 g/mol. The molecule has 1 heterocycles. The van der Waals surface area contributed by atoms with Gasteiger partial charge in [0, 0.05) is 12.3 Å². The summed E-state index contributed by atoms with van der Waals surface area (Å²) in [5.41, 5.74) is -2.54. The van der Waals surface area contributed by atoms with Gasteiger partial charge in [-0.1, -0.05) is 0 Å². The van der Waals surface area contributed by atoms with Crippen molar-refractivity contribution in [2.24, 2.45) is 0 Å². The van der Waals surface area contributed by atoms with Crippen LogP contribution in [0.15, 0.2) is 12.3 Å². The van der Waals surface area contributed by atoms with E-state index in [0.29, 0.717) is 12.3 Å². The molecule has 0 bridgehead atoms. The minimum Gasteiger partial charge on any atom is -0.478 e. The minimum absolute atomic E-state index is 0.508. The van der Waals surface area contributed by atoms with Crippen LogP contribution in [0.5, 0.6) is 0 Å². The molecule has 0 aromatic carbocycles. The van der Waals surface area contributed by atoms with Crippen molar-refractivity contribution >= 4 is 11.7 Å². The highest BCUT2D eigenvalue weighted by molar-refractivity contribution is 5.88. The van der Waals surface area contributed by atoms with Gasteiger partial charge in [0.25, 0.3) is 12.1 Å². The van der Waals surface area contributed by atoms with Crippen molar-refractivity contribution in [1.29, 1.82) is 0 Å². The standard InChI is InChI=1S/C7H4F2N2O4/c8-6(9)5-4(11(14)15)1-3(2-10-5)7(12)13/h1-2,6H,(H,12,13). The number of nitro groups is 1. The number of hydrogen-bond acceptors (Lipinski definition) is 4. The Morgan fingerprint density at radius 3 is 2.60 bits per heavy atom. The molecule has 0 atom stereocenters. The molecular formula is C7H4F2N2O4. The first-order valence-electron chi connectivity index (χ1n) is 3.59. The summed E-state index contributed by atoms with van der Waals surface area (Å²) in [6.45, 7) is 0. The molecule has 6 nitrogen and oxygen atoms in total. The number of nitrogens with zero attached hydrogens (tertiary/aromatic N) is 2. The number of carboxylic acid groups (broad SMARTS) is 1. The SMILES string of the molecule is O=C(O)c1cnc(C(F)F)c([N+](=O)[O-])c1. The maximum atomic E-state index is 12.2. The molecular weight excluding hydrogens is 214 g/mol. The van der Waals surface area contributed by atoms with E-state index in [1.807, 2.05) is 0 Å². The van der Waals surface area contributed by atoms with Gasteiger partial charge in [-0.3, -0.25) is 10.1 Å². The Morgan fingerprint density at radius 2 is 2.20 bits per heavy atom. The molecule has 0 saturated heterocycles. The molecule has 1 aromatic rings. The van der Waals surface area contributed by atoms with Gasteiger partial charge in [0.2, 0.25) is 0 Å². The zero-order valence-electron chi connectivity index (χ0n) is 7.05. The van der Waals surface area contributed by atoms with Crippen molar-refractivity contribution in [3.8, 4) is 0 Å². The van der Waals surface area contributed by atoms with Crippen molar-refractivity contribution in [2.45, 2.75) is 6.43 Å². The van der Waals surface area contributed by atoms with Gasteiger partial charge < -0.3 is 5.11 Å². The molecule has 8 heteroatoms. The molecule has 0 spiro atoms. The molecule has 1 rings (SSSR count). The Balaban J connectivity index is 3.33. The van der Waals surface area contributed by atoms with Crippen LogP contribution >= 0.6 is 0 Å². The van der Waals surface area contributed by atoms with Crippen LogP contribution in [0.2, 0.25) is 0 Å². The number of aromatic carboxylic acids is 1. The molecule has 80 valence electrons. The lowest BCUT2D eigenvalue weighted by molar-refractivity contribution is -0.386. The van der Waals surface area contributed by atoms with E-state index >= 15 is 0 Å². The summed E-state index contributed by atoms with van der Waals surface area (Å²) < 4.78 is 24.4. The number of carboxylic acids is 1.